The molecule has 0 fully saturated rings. The minimum Gasteiger partial charge on any atom is -0.379 e. The summed E-state index contributed by atoms with van der Waals surface area (Å²) < 4.78 is 2.19. The molecular weight excluding hydrogens is 442 g/mol. The number of hydrogen-bond donors (Lipinski definition) is 3. The van der Waals surface area contributed by atoms with Gasteiger partial charge in [0.1, 0.15) is 4.83 Å². The van der Waals surface area contributed by atoms with Crippen LogP contribution in [0.25, 0.3) is 37.3 Å². The highest BCUT2D eigenvalue weighted by molar-refractivity contribution is 7.96. The lowest BCUT2D eigenvalue weighted by atomic mass is 10.0. The van der Waals surface area contributed by atoms with Crippen molar-refractivity contribution in [2.24, 2.45) is 10.7 Å². The molecule has 4 aromatic rings. The maximum atomic E-state index is 12.7. The van der Waals surface area contributed by atoms with Gasteiger partial charge in [0.25, 0.3) is 11.8 Å². The van der Waals surface area contributed by atoms with Crippen molar-refractivity contribution < 1.29 is 9.59 Å². The van der Waals surface area contributed by atoms with Gasteiger partial charge in [0.2, 0.25) is 0 Å². The second kappa shape index (κ2) is 8.25. The molecule has 1 aromatic carbocycles. The lowest BCUT2D eigenvalue weighted by Gasteiger charge is -2.11. The molecule has 3 N–H and O–H groups in total. The molecule has 0 unspecified atom stereocenters. The second-order valence-electron chi connectivity index (χ2n) is 7.37. The Bertz CT molecular complexity index is 1410. The number of nitrogens with two attached hydrogens (primary N) is 1. The number of amidine groups is 1. The summed E-state index contributed by atoms with van der Waals surface area (Å²) >= 11 is 5.60. The number of benzene rings is 1. The zero-order chi connectivity index (χ0) is 22.2. The minimum atomic E-state index is -0.399. The summed E-state index contributed by atoms with van der Waals surface area (Å²) in [6.45, 7) is 1.19. The number of aliphatic imine (C=N–C) groups is 1. The van der Waals surface area contributed by atoms with Crippen LogP contribution < -0.4 is 11.1 Å². The SMILES string of the molecule is NC(S)=NCCCn1c(-c2cc3cccnc3s2)c(C2=CC(=O)NC2=O)c2ccccc21. The third-order valence-electron chi connectivity index (χ3n) is 5.34. The van der Waals surface area contributed by atoms with Crippen LogP contribution in [0.3, 0.4) is 0 Å². The Morgan fingerprint density at radius 2 is 2.06 bits per heavy atom. The van der Waals surface area contributed by atoms with Crippen molar-refractivity contribution in [1.29, 1.82) is 0 Å². The monoisotopic (exact) mass is 461 g/mol. The first-order valence-electron chi connectivity index (χ1n) is 10.1. The molecule has 1 aliphatic rings. The van der Waals surface area contributed by atoms with Crippen molar-refractivity contribution in [2.45, 2.75) is 13.0 Å². The fourth-order valence-electron chi connectivity index (χ4n) is 4.07. The maximum absolute atomic E-state index is 12.7. The summed E-state index contributed by atoms with van der Waals surface area (Å²) in [4.78, 5) is 35.2. The predicted octanol–water partition coefficient (Wildman–Crippen LogP) is 3.59. The number of imide groups is 1. The standard InChI is InChI=1S/C23H19N5O2S2/c24-23(31)26-9-4-10-28-16-7-2-1-6-14(16)19(15-12-18(29)27-21(15)30)20(28)17-11-13-5-3-8-25-22(13)32-17/h1-3,5-8,11-12H,4,9-10H2,(H3,24,26,31)(H,27,29,30). The lowest BCUT2D eigenvalue weighted by Crippen LogP contribution is -2.21. The Morgan fingerprint density at radius 3 is 2.81 bits per heavy atom. The van der Waals surface area contributed by atoms with E-state index in [-0.39, 0.29) is 11.1 Å². The zero-order valence-corrected chi connectivity index (χ0v) is 18.6. The van der Waals surface area contributed by atoms with E-state index in [4.69, 9.17) is 5.73 Å². The maximum Gasteiger partial charge on any atom is 0.259 e. The first kappa shape index (κ1) is 20.5. The third kappa shape index (κ3) is 3.59. The van der Waals surface area contributed by atoms with E-state index in [1.807, 2.05) is 36.4 Å². The van der Waals surface area contributed by atoms with Gasteiger partial charge in [0.15, 0.2) is 5.17 Å². The number of aryl methyl sites for hydroxylation is 1. The molecule has 5 rings (SSSR count). The van der Waals surface area contributed by atoms with E-state index in [0.717, 1.165) is 43.7 Å². The van der Waals surface area contributed by atoms with Crippen LogP contribution in [0.1, 0.15) is 12.0 Å². The number of rotatable bonds is 6. The highest BCUT2D eigenvalue weighted by atomic mass is 32.1. The highest BCUT2D eigenvalue weighted by Crippen LogP contribution is 2.43. The van der Waals surface area contributed by atoms with Gasteiger partial charge in [-0.05, 0) is 24.6 Å². The summed E-state index contributed by atoms with van der Waals surface area (Å²) in [6, 6.07) is 13.9. The summed E-state index contributed by atoms with van der Waals surface area (Å²) in [7, 11) is 0. The topological polar surface area (TPSA) is 102 Å². The van der Waals surface area contributed by atoms with Crippen LogP contribution in [-0.4, -0.2) is 33.1 Å². The molecule has 32 heavy (non-hydrogen) atoms. The first-order valence-corrected chi connectivity index (χ1v) is 11.3. The van der Waals surface area contributed by atoms with E-state index in [1.165, 1.54) is 6.08 Å². The minimum absolute atomic E-state index is 0.255. The average Bonchev–Trinajstić information content (AvgIpc) is 3.43. The van der Waals surface area contributed by atoms with E-state index in [0.29, 0.717) is 18.7 Å². The van der Waals surface area contributed by atoms with Crippen molar-refractivity contribution in [3.05, 3.63) is 60.3 Å². The molecule has 2 amide bonds. The Kier molecular flexibility index (Phi) is 5.28. The number of thiophene rings is 1. The quantitative estimate of drug-likeness (QED) is 0.134. The number of carbonyl (C=O) groups is 2. The molecule has 9 heteroatoms. The molecule has 3 aromatic heterocycles. The Morgan fingerprint density at radius 1 is 1.22 bits per heavy atom. The van der Waals surface area contributed by atoms with Crippen LogP contribution in [0.2, 0.25) is 0 Å². The predicted molar refractivity (Wildman–Crippen MR) is 132 cm³/mol. The van der Waals surface area contributed by atoms with E-state index >= 15 is 0 Å². The van der Waals surface area contributed by atoms with Gasteiger partial charge in [-0.1, -0.05) is 24.3 Å². The van der Waals surface area contributed by atoms with Gasteiger partial charge in [0.05, 0.1) is 16.1 Å². The van der Waals surface area contributed by atoms with Gasteiger partial charge in [-0.3, -0.25) is 19.9 Å². The third-order valence-corrected chi connectivity index (χ3v) is 6.54. The van der Waals surface area contributed by atoms with Gasteiger partial charge in [-0.25, -0.2) is 4.98 Å². The Hall–Kier alpha value is -3.43. The van der Waals surface area contributed by atoms with E-state index in [1.54, 1.807) is 17.5 Å². The number of hydrogen-bond acceptors (Lipinski definition) is 5. The summed E-state index contributed by atoms with van der Waals surface area (Å²) in [5.74, 6) is -0.782. The molecule has 0 spiro atoms. The van der Waals surface area contributed by atoms with Crippen LogP contribution in [-0.2, 0) is 16.1 Å². The fraction of sp³-hybridized carbons (Fsp3) is 0.130. The van der Waals surface area contributed by atoms with Gasteiger partial charge < -0.3 is 10.3 Å². The number of carbonyl (C=O) groups excluding carboxylic acids is 2. The number of pyridine rings is 1. The number of nitrogens with one attached hydrogen (secondary N) is 1. The first-order chi connectivity index (χ1) is 15.5. The second-order valence-corrected chi connectivity index (χ2v) is 8.86. The lowest BCUT2D eigenvalue weighted by molar-refractivity contribution is -0.123. The Balaban J connectivity index is 1.76. The van der Waals surface area contributed by atoms with Crippen LogP contribution in [0, 0.1) is 0 Å². The van der Waals surface area contributed by atoms with Crippen LogP contribution in [0.5, 0.6) is 0 Å². The van der Waals surface area contributed by atoms with Crippen molar-refractivity contribution in [3.8, 4) is 10.6 Å². The number of nitrogens with zero attached hydrogens (tertiary/aromatic N) is 3. The van der Waals surface area contributed by atoms with Crippen LogP contribution in [0.4, 0.5) is 0 Å². The fourth-order valence-corrected chi connectivity index (χ4v) is 5.24. The molecule has 0 aliphatic carbocycles. The number of aromatic nitrogens is 2. The molecule has 0 atom stereocenters. The summed E-state index contributed by atoms with van der Waals surface area (Å²) in [6.07, 6.45) is 3.89. The van der Waals surface area contributed by atoms with Crippen molar-refractivity contribution in [1.82, 2.24) is 14.9 Å². The number of amides is 2. The van der Waals surface area contributed by atoms with E-state index in [9.17, 15) is 9.59 Å². The average molecular weight is 462 g/mol. The molecule has 0 bridgehead atoms. The van der Waals surface area contributed by atoms with Crippen molar-refractivity contribution >= 4 is 67.6 Å². The molecular formula is C23H19N5O2S2. The molecule has 4 heterocycles. The van der Waals surface area contributed by atoms with Gasteiger partial charge in [-0.15, -0.1) is 24.0 Å². The van der Waals surface area contributed by atoms with Crippen LogP contribution in [0.15, 0.2) is 59.7 Å². The molecule has 0 saturated heterocycles. The number of fused-ring (bicyclic) bond motifs is 2. The molecule has 0 saturated carbocycles. The van der Waals surface area contributed by atoms with Crippen molar-refractivity contribution in [3.63, 3.8) is 0 Å². The van der Waals surface area contributed by atoms with Crippen LogP contribution >= 0.6 is 24.0 Å². The van der Waals surface area contributed by atoms with E-state index < -0.39 is 5.91 Å². The van der Waals surface area contributed by atoms with Gasteiger partial charge in [-0.2, -0.15) is 0 Å². The van der Waals surface area contributed by atoms with E-state index in [2.05, 4.69) is 38.6 Å². The van der Waals surface area contributed by atoms with Crippen molar-refractivity contribution in [2.75, 3.05) is 6.54 Å². The zero-order valence-electron chi connectivity index (χ0n) is 16.9. The smallest absolute Gasteiger partial charge is 0.259 e. The number of para-hydroxylation sites is 1. The highest BCUT2D eigenvalue weighted by Gasteiger charge is 2.30. The molecule has 160 valence electrons. The molecule has 7 nitrogen and oxygen atoms in total. The largest absolute Gasteiger partial charge is 0.379 e. The molecule has 0 radical (unpaired) electrons. The number of thiol groups is 1. The normalized spacial score (nSPS) is 14.4. The summed E-state index contributed by atoms with van der Waals surface area (Å²) in [5, 5.41) is 4.58. The molecule has 1 aliphatic heterocycles. The Labute approximate surface area is 193 Å². The van der Waals surface area contributed by atoms with Gasteiger partial charge in [0, 0.05) is 47.2 Å². The summed E-state index contributed by atoms with van der Waals surface area (Å²) in [5.41, 5.74) is 8.58. The van der Waals surface area contributed by atoms with Gasteiger partial charge >= 0.3 is 0 Å².